The van der Waals surface area contributed by atoms with Gasteiger partial charge in [0.2, 0.25) is 0 Å². The Kier molecular flexibility index (Phi) is 6.01. The van der Waals surface area contributed by atoms with E-state index in [9.17, 15) is 0 Å². The van der Waals surface area contributed by atoms with Crippen molar-refractivity contribution < 1.29 is 4.74 Å². The molecule has 3 heteroatoms. The fraction of sp³-hybridized carbons (Fsp3) is 0.571. The highest BCUT2D eigenvalue weighted by Gasteiger charge is 2.08. The lowest BCUT2D eigenvalue weighted by Crippen LogP contribution is -2.30. The van der Waals surface area contributed by atoms with E-state index in [4.69, 9.17) is 10.5 Å². The van der Waals surface area contributed by atoms with Crippen LogP contribution in [0.5, 0.6) is 5.75 Å². The zero-order chi connectivity index (χ0) is 12.7. The van der Waals surface area contributed by atoms with Crippen LogP contribution in [0.25, 0.3) is 0 Å². The van der Waals surface area contributed by atoms with E-state index in [1.807, 2.05) is 19.1 Å². The molecule has 0 aliphatic rings. The normalized spacial score (nSPS) is 12.8. The van der Waals surface area contributed by atoms with Crippen molar-refractivity contribution in [1.82, 2.24) is 4.90 Å². The van der Waals surface area contributed by atoms with Crippen LogP contribution in [0.3, 0.4) is 0 Å². The largest absolute Gasteiger partial charge is 0.494 e. The number of rotatable bonds is 7. The van der Waals surface area contributed by atoms with Gasteiger partial charge in [-0.1, -0.05) is 12.1 Å². The fourth-order valence-electron chi connectivity index (χ4n) is 1.76. The van der Waals surface area contributed by atoms with Gasteiger partial charge in [0.25, 0.3) is 0 Å². The van der Waals surface area contributed by atoms with Crippen molar-refractivity contribution in [2.24, 2.45) is 5.73 Å². The number of nitrogens with two attached hydrogens (primary N) is 1. The first kappa shape index (κ1) is 14.0. The summed E-state index contributed by atoms with van der Waals surface area (Å²) in [5.41, 5.74) is 6.88. The van der Waals surface area contributed by atoms with Crippen LogP contribution >= 0.6 is 0 Å². The van der Waals surface area contributed by atoms with Crippen molar-refractivity contribution in [3.05, 3.63) is 29.8 Å². The van der Waals surface area contributed by atoms with Gasteiger partial charge in [0.15, 0.2) is 0 Å². The number of benzene rings is 1. The van der Waals surface area contributed by atoms with Crippen molar-refractivity contribution in [1.29, 1.82) is 0 Å². The van der Waals surface area contributed by atoms with Gasteiger partial charge in [-0.3, -0.25) is 4.90 Å². The summed E-state index contributed by atoms with van der Waals surface area (Å²) in [5.74, 6) is 0.939. The molecule has 0 fully saturated rings. The van der Waals surface area contributed by atoms with E-state index in [2.05, 4.69) is 31.0 Å². The van der Waals surface area contributed by atoms with Crippen LogP contribution in [-0.2, 0) is 6.54 Å². The molecule has 0 saturated heterocycles. The highest BCUT2D eigenvalue weighted by Crippen LogP contribution is 2.14. The molecule has 1 aromatic rings. The summed E-state index contributed by atoms with van der Waals surface area (Å²) in [7, 11) is 2.14. The molecule has 1 atom stereocenters. The van der Waals surface area contributed by atoms with Crippen molar-refractivity contribution >= 4 is 0 Å². The van der Waals surface area contributed by atoms with Gasteiger partial charge in [0, 0.05) is 12.6 Å². The van der Waals surface area contributed by atoms with E-state index in [0.29, 0.717) is 12.6 Å². The SMILES string of the molecule is CCOc1ccc(CN(C)C(C)CCN)cc1. The minimum absolute atomic E-state index is 0.520. The molecule has 1 aromatic carbocycles. The molecule has 0 heterocycles. The Hall–Kier alpha value is -1.06. The summed E-state index contributed by atoms with van der Waals surface area (Å²) in [6.45, 7) is 6.62. The Morgan fingerprint density at radius 3 is 2.47 bits per heavy atom. The van der Waals surface area contributed by atoms with Gasteiger partial charge in [-0.2, -0.15) is 0 Å². The van der Waals surface area contributed by atoms with Crippen LogP contribution in [0.4, 0.5) is 0 Å². The topological polar surface area (TPSA) is 38.5 Å². The Morgan fingerprint density at radius 1 is 1.29 bits per heavy atom. The number of ether oxygens (including phenoxy) is 1. The van der Waals surface area contributed by atoms with Crippen LogP contribution in [0.2, 0.25) is 0 Å². The van der Waals surface area contributed by atoms with Crippen LogP contribution in [0.1, 0.15) is 25.8 Å². The van der Waals surface area contributed by atoms with Crippen LogP contribution in [0, 0.1) is 0 Å². The lowest BCUT2D eigenvalue weighted by Gasteiger charge is -2.24. The first-order valence-corrected chi connectivity index (χ1v) is 6.29. The lowest BCUT2D eigenvalue weighted by atomic mass is 10.1. The zero-order valence-electron chi connectivity index (χ0n) is 11.1. The highest BCUT2D eigenvalue weighted by atomic mass is 16.5. The predicted octanol–water partition coefficient (Wildman–Crippen LogP) is 2.25. The third-order valence-corrected chi connectivity index (χ3v) is 3.00. The van der Waals surface area contributed by atoms with Gasteiger partial charge >= 0.3 is 0 Å². The second kappa shape index (κ2) is 7.30. The first-order valence-electron chi connectivity index (χ1n) is 6.29. The van der Waals surface area contributed by atoms with E-state index in [1.54, 1.807) is 0 Å². The molecule has 96 valence electrons. The summed E-state index contributed by atoms with van der Waals surface area (Å²) in [5, 5.41) is 0. The minimum atomic E-state index is 0.520. The Balaban J connectivity index is 2.50. The van der Waals surface area contributed by atoms with Gasteiger partial charge in [-0.15, -0.1) is 0 Å². The smallest absolute Gasteiger partial charge is 0.119 e. The molecule has 1 rings (SSSR count). The number of hydrogen-bond donors (Lipinski definition) is 1. The first-order chi connectivity index (χ1) is 8.17. The standard InChI is InChI=1S/C14H24N2O/c1-4-17-14-7-5-13(6-8-14)11-16(3)12(2)9-10-15/h5-8,12H,4,9-11,15H2,1-3H3. The van der Waals surface area contributed by atoms with Crippen molar-refractivity contribution in [2.45, 2.75) is 32.9 Å². The average molecular weight is 236 g/mol. The number of hydrogen-bond acceptors (Lipinski definition) is 3. The van der Waals surface area contributed by atoms with E-state index < -0.39 is 0 Å². The fourth-order valence-corrected chi connectivity index (χ4v) is 1.76. The third kappa shape index (κ3) is 4.75. The Morgan fingerprint density at radius 2 is 1.94 bits per heavy atom. The second-order valence-corrected chi connectivity index (χ2v) is 4.42. The maximum absolute atomic E-state index is 5.57. The molecule has 0 aliphatic heterocycles. The van der Waals surface area contributed by atoms with E-state index >= 15 is 0 Å². The molecule has 0 saturated carbocycles. The Bertz CT molecular complexity index is 311. The zero-order valence-corrected chi connectivity index (χ0v) is 11.1. The molecule has 0 amide bonds. The second-order valence-electron chi connectivity index (χ2n) is 4.42. The van der Waals surface area contributed by atoms with Gasteiger partial charge in [0.05, 0.1) is 6.61 Å². The molecule has 2 N–H and O–H groups in total. The molecule has 0 bridgehead atoms. The molecule has 17 heavy (non-hydrogen) atoms. The van der Waals surface area contributed by atoms with E-state index in [1.165, 1.54) is 5.56 Å². The highest BCUT2D eigenvalue weighted by molar-refractivity contribution is 5.27. The molecule has 0 spiro atoms. The van der Waals surface area contributed by atoms with Crippen molar-refractivity contribution in [3.63, 3.8) is 0 Å². The molecule has 0 radical (unpaired) electrons. The molecule has 0 aliphatic carbocycles. The van der Waals surface area contributed by atoms with Gasteiger partial charge in [-0.05, 0) is 51.6 Å². The van der Waals surface area contributed by atoms with Crippen LogP contribution < -0.4 is 10.5 Å². The monoisotopic (exact) mass is 236 g/mol. The predicted molar refractivity (Wildman–Crippen MR) is 72.2 cm³/mol. The molecule has 3 nitrogen and oxygen atoms in total. The lowest BCUT2D eigenvalue weighted by molar-refractivity contribution is 0.240. The molecular formula is C14H24N2O. The van der Waals surface area contributed by atoms with Crippen LogP contribution in [0.15, 0.2) is 24.3 Å². The third-order valence-electron chi connectivity index (χ3n) is 3.00. The molecule has 0 aromatic heterocycles. The number of nitrogens with zero attached hydrogens (tertiary/aromatic N) is 1. The van der Waals surface area contributed by atoms with E-state index in [-0.39, 0.29) is 0 Å². The van der Waals surface area contributed by atoms with Gasteiger partial charge in [-0.25, -0.2) is 0 Å². The maximum atomic E-state index is 5.57. The summed E-state index contributed by atoms with van der Waals surface area (Å²) in [4.78, 5) is 2.32. The molecular weight excluding hydrogens is 212 g/mol. The van der Waals surface area contributed by atoms with Crippen molar-refractivity contribution in [3.8, 4) is 5.75 Å². The van der Waals surface area contributed by atoms with E-state index in [0.717, 1.165) is 25.3 Å². The quantitative estimate of drug-likeness (QED) is 0.789. The summed E-state index contributed by atoms with van der Waals surface area (Å²) in [6.07, 6.45) is 1.04. The van der Waals surface area contributed by atoms with Gasteiger partial charge in [0.1, 0.15) is 5.75 Å². The maximum Gasteiger partial charge on any atom is 0.119 e. The summed E-state index contributed by atoms with van der Waals surface area (Å²) < 4.78 is 5.42. The minimum Gasteiger partial charge on any atom is -0.494 e. The summed E-state index contributed by atoms with van der Waals surface area (Å²) in [6, 6.07) is 8.82. The van der Waals surface area contributed by atoms with Crippen molar-refractivity contribution in [2.75, 3.05) is 20.2 Å². The summed E-state index contributed by atoms with van der Waals surface area (Å²) >= 11 is 0. The average Bonchev–Trinajstić information content (AvgIpc) is 2.32. The molecule has 1 unspecified atom stereocenters. The van der Waals surface area contributed by atoms with Crippen LogP contribution in [-0.4, -0.2) is 31.1 Å². The van der Waals surface area contributed by atoms with Gasteiger partial charge < -0.3 is 10.5 Å². The Labute approximate surface area is 105 Å².